The summed E-state index contributed by atoms with van der Waals surface area (Å²) in [4.78, 5) is 22.1. The van der Waals surface area contributed by atoms with E-state index in [1.54, 1.807) is 0 Å². The molecule has 0 aliphatic heterocycles. The average molecular weight is 304 g/mol. The number of unbranched alkanes of at least 4 members (excludes halogenated alkanes) is 5. The van der Waals surface area contributed by atoms with Crippen molar-refractivity contribution in [1.82, 2.24) is 0 Å². The van der Waals surface area contributed by atoms with Crippen LogP contribution in [0.25, 0.3) is 0 Å². The number of carbonyl (C=O) groups is 2. The highest BCUT2D eigenvalue weighted by Crippen LogP contribution is 2.08. The predicted octanol–water partition coefficient (Wildman–Crippen LogP) is 4.38. The molecule has 0 N–H and O–H groups in total. The van der Waals surface area contributed by atoms with Gasteiger partial charge in [-0.1, -0.05) is 50.3 Å². The Morgan fingerprint density at radius 3 is 2.45 bits per heavy atom. The van der Waals surface area contributed by atoms with Crippen LogP contribution in [-0.2, 0) is 14.3 Å². The molecule has 0 aromatic carbocycles. The van der Waals surface area contributed by atoms with Gasteiger partial charge in [-0.2, -0.15) is 0 Å². The van der Waals surface area contributed by atoms with Crippen LogP contribution in [0.5, 0.6) is 0 Å². The predicted molar refractivity (Wildman–Crippen MR) is 90.3 cm³/mol. The highest BCUT2D eigenvalue weighted by atomic mass is 16.5. The highest BCUT2D eigenvalue weighted by Gasteiger charge is 1.98. The van der Waals surface area contributed by atoms with Gasteiger partial charge >= 0.3 is 5.97 Å². The molecular weight excluding hydrogens is 276 g/mol. The van der Waals surface area contributed by atoms with Crippen LogP contribution in [0.4, 0.5) is 0 Å². The van der Waals surface area contributed by atoms with Gasteiger partial charge in [0.15, 0.2) is 0 Å². The largest absolute Gasteiger partial charge is 0.469 e. The van der Waals surface area contributed by atoms with Gasteiger partial charge in [-0.15, -0.1) is 0 Å². The van der Waals surface area contributed by atoms with Gasteiger partial charge in [-0.25, -0.2) is 0 Å². The van der Waals surface area contributed by atoms with Crippen molar-refractivity contribution in [3.8, 4) is 11.8 Å². The second-order valence-electron chi connectivity index (χ2n) is 5.03. The Morgan fingerprint density at radius 2 is 1.73 bits per heavy atom. The van der Waals surface area contributed by atoms with Gasteiger partial charge in [0.25, 0.3) is 0 Å². The molecule has 0 amide bonds. The molecule has 0 aromatic heterocycles. The van der Waals surface area contributed by atoms with Crippen LogP contribution in [0.3, 0.4) is 0 Å². The summed E-state index contributed by atoms with van der Waals surface area (Å²) in [6.45, 7) is 1.99. The van der Waals surface area contributed by atoms with Gasteiger partial charge in [0.2, 0.25) is 5.78 Å². The minimum Gasteiger partial charge on any atom is -0.469 e. The molecule has 3 heteroatoms. The van der Waals surface area contributed by atoms with Crippen LogP contribution in [0, 0.1) is 11.8 Å². The molecule has 0 spiro atoms. The zero-order valence-corrected chi connectivity index (χ0v) is 13.9. The molecule has 22 heavy (non-hydrogen) atoms. The Labute approximate surface area is 134 Å². The number of carbonyl (C=O) groups excluding carboxylic acids is 2. The van der Waals surface area contributed by atoms with Crippen molar-refractivity contribution < 1.29 is 14.3 Å². The fraction of sp³-hybridized carbons (Fsp3) is 0.579. The third-order valence-corrected chi connectivity index (χ3v) is 3.08. The SMILES string of the molecule is CCC=CC(=O)C#CCC=CCCCCCCCC(=O)OC. The van der Waals surface area contributed by atoms with Crippen molar-refractivity contribution in [2.75, 3.05) is 7.11 Å². The number of hydrogen-bond donors (Lipinski definition) is 0. The molecule has 0 saturated carbocycles. The highest BCUT2D eigenvalue weighted by molar-refractivity contribution is 6.04. The van der Waals surface area contributed by atoms with Crippen molar-refractivity contribution in [3.63, 3.8) is 0 Å². The second kappa shape index (κ2) is 15.6. The molecule has 0 saturated heterocycles. The van der Waals surface area contributed by atoms with Gasteiger partial charge < -0.3 is 4.74 Å². The number of esters is 1. The summed E-state index contributed by atoms with van der Waals surface area (Å²) in [6.07, 6.45) is 16.0. The number of allylic oxidation sites excluding steroid dienone is 4. The fourth-order valence-electron chi connectivity index (χ4n) is 1.83. The molecule has 3 nitrogen and oxygen atoms in total. The maximum atomic E-state index is 11.2. The number of methoxy groups -OCH3 is 1. The molecular formula is C19H28O3. The monoisotopic (exact) mass is 304 g/mol. The van der Waals surface area contributed by atoms with Crippen LogP contribution in [0.1, 0.15) is 64.7 Å². The molecule has 0 aliphatic rings. The molecule has 0 atom stereocenters. The number of rotatable bonds is 11. The smallest absolute Gasteiger partial charge is 0.305 e. The van der Waals surface area contributed by atoms with E-state index in [1.165, 1.54) is 19.6 Å². The van der Waals surface area contributed by atoms with E-state index in [2.05, 4.69) is 22.7 Å². The number of ketones is 1. The van der Waals surface area contributed by atoms with E-state index in [4.69, 9.17) is 0 Å². The Bertz CT molecular complexity index is 422. The summed E-state index contributed by atoms with van der Waals surface area (Å²) in [5, 5.41) is 0. The summed E-state index contributed by atoms with van der Waals surface area (Å²) in [7, 11) is 1.43. The lowest BCUT2D eigenvalue weighted by molar-refractivity contribution is -0.140. The summed E-state index contributed by atoms with van der Waals surface area (Å²) in [5.41, 5.74) is 0. The molecule has 0 radical (unpaired) electrons. The Morgan fingerprint density at radius 1 is 1.00 bits per heavy atom. The van der Waals surface area contributed by atoms with Crippen molar-refractivity contribution in [1.29, 1.82) is 0 Å². The lowest BCUT2D eigenvalue weighted by Gasteiger charge is -1.99. The molecule has 0 aromatic rings. The number of hydrogen-bond acceptors (Lipinski definition) is 3. The second-order valence-corrected chi connectivity index (χ2v) is 5.03. The minimum atomic E-state index is -0.123. The fourth-order valence-corrected chi connectivity index (χ4v) is 1.83. The van der Waals surface area contributed by atoms with Crippen molar-refractivity contribution in [2.24, 2.45) is 0 Å². The lowest BCUT2D eigenvalue weighted by Crippen LogP contribution is -1.98. The molecule has 0 rings (SSSR count). The van der Waals surface area contributed by atoms with E-state index in [9.17, 15) is 9.59 Å². The maximum Gasteiger partial charge on any atom is 0.305 e. The molecule has 0 aliphatic carbocycles. The summed E-state index contributed by atoms with van der Waals surface area (Å²) < 4.78 is 4.59. The first-order valence-corrected chi connectivity index (χ1v) is 8.11. The van der Waals surface area contributed by atoms with Gasteiger partial charge in [0.05, 0.1) is 7.11 Å². The zero-order valence-electron chi connectivity index (χ0n) is 13.9. The maximum absolute atomic E-state index is 11.2. The third-order valence-electron chi connectivity index (χ3n) is 3.08. The van der Waals surface area contributed by atoms with Crippen LogP contribution in [0.2, 0.25) is 0 Å². The summed E-state index contributed by atoms with van der Waals surface area (Å²) >= 11 is 0. The Hall–Kier alpha value is -1.82. The average Bonchev–Trinajstić information content (AvgIpc) is 2.53. The Balaban J connectivity index is 3.45. The first kappa shape index (κ1) is 20.2. The van der Waals surface area contributed by atoms with E-state index in [0.717, 1.165) is 38.5 Å². The van der Waals surface area contributed by atoms with Crippen molar-refractivity contribution >= 4 is 11.8 Å². The quantitative estimate of drug-likeness (QED) is 0.142. The molecule has 122 valence electrons. The number of ether oxygens (including phenoxy) is 1. The van der Waals surface area contributed by atoms with E-state index in [0.29, 0.717) is 12.8 Å². The zero-order chi connectivity index (χ0) is 16.5. The molecule has 0 bridgehead atoms. The van der Waals surface area contributed by atoms with Crippen LogP contribution >= 0.6 is 0 Å². The normalized spacial score (nSPS) is 10.6. The summed E-state index contributed by atoms with van der Waals surface area (Å²) in [5.74, 6) is 5.20. The molecule has 0 unspecified atom stereocenters. The minimum absolute atomic E-state index is 0.118. The van der Waals surface area contributed by atoms with Crippen LogP contribution in [0.15, 0.2) is 24.3 Å². The van der Waals surface area contributed by atoms with Gasteiger partial charge in [-0.05, 0) is 37.7 Å². The first-order chi connectivity index (χ1) is 10.7. The Kier molecular flexibility index (Phi) is 14.3. The molecule has 0 heterocycles. The van der Waals surface area contributed by atoms with Crippen LogP contribution in [-0.4, -0.2) is 18.9 Å². The third kappa shape index (κ3) is 14.6. The van der Waals surface area contributed by atoms with E-state index < -0.39 is 0 Å². The van der Waals surface area contributed by atoms with Gasteiger partial charge in [0.1, 0.15) is 0 Å². The standard InChI is InChI=1S/C19H28O3/c1-3-4-15-18(20)16-13-11-9-7-5-6-8-10-12-14-17-19(21)22-2/h4,7,9,15H,3,5-6,8,10-12,14,17H2,1-2H3. The van der Waals surface area contributed by atoms with E-state index in [-0.39, 0.29) is 11.8 Å². The van der Waals surface area contributed by atoms with Crippen molar-refractivity contribution in [2.45, 2.75) is 64.7 Å². The van der Waals surface area contributed by atoms with Gasteiger partial charge in [-0.3, -0.25) is 9.59 Å². The van der Waals surface area contributed by atoms with Gasteiger partial charge in [0, 0.05) is 12.8 Å². The van der Waals surface area contributed by atoms with Crippen LogP contribution < -0.4 is 0 Å². The van der Waals surface area contributed by atoms with E-state index in [1.807, 2.05) is 19.1 Å². The lowest BCUT2D eigenvalue weighted by atomic mass is 10.1. The first-order valence-electron chi connectivity index (χ1n) is 8.11. The molecule has 0 fully saturated rings. The summed E-state index contributed by atoms with van der Waals surface area (Å²) in [6, 6.07) is 0. The van der Waals surface area contributed by atoms with E-state index >= 15 is 0 Å². The topological polar surface area (TPSA) is 43.4 Å². The van der Waals surface area contributed by atoms with Crippen molar-refractivity contribution in [3.05, 3.63) is 24.3 Å².